The highest BCUT2D eigenvalue weighted by Gasteiger charge is 2.27. The number of hydrogen-bond donors (Lipinski definition) is 0. The molecule has 28 heavy (non-hydrogen) atoms. The Balaban J connectivity index is 2.02. The second-order valence-electron chi connectivity index (χ2n) is 6.70. The largest absolute Gasteiger partial charge is 0.453 e. The van der Waals surface area contributed by atoms with E-state index in [2.05, 4.69) is 0 Å². The summed E-state index contributed by atoms with van der Waals surface area (Å²) in [7, 11) is -4.00. The van der Waals surface area contributed by atoms with Crippen molar-refractivity contribution in [2.24, 2.45) is 0 Å². The molecule has 3 aromatic carbocycles. The summed E-state index contributed by atoms with van der Waals surface area (Å²) in [5.74, 6) is 0. The Labute approximate surface area is 160 Å². The molecule has 0 aliphatic carbocycles. The number of rotatable bonds is 2. The van der Waals surface area contributed by atoms with Gasteiger partial charge in [0.2, 0.25) is 5.43 Å². The fraction of sp³-hybridized carbons (Fsp3) is 0.0455. The Morgan fingerprint density at radius 1 is 0.821 bits per heavy atom. The van der Waals surface area contributed by atoms with E-state index < -0.39 is 10.0 Å². The molecule has 2 heterocycles. The normalized spacial score (nSPS) is 12.2. The lowest BCUT2D eigenvalue weighted by Gasteiger charge is -2.09. The molecule has 0 N–H and O–H groups in total. The minimum atomic E-state index is -4.00. The molecule has 0 fully saturated rings. The highest BCUT2D eigenvalue weighted by molar-refractivity contribution is 7.90. The Bertz CT molecular complexity index is 1540. The Hall–Kier alpha value is -3.38. The molecule has 0 saturated heterocycles. The van der Waals surface area contributed by atoms with E-state index in [1.807, 2.05) is 6.92 Å². The zero-order valence-electron chi connectivity index (χ0n) is 14.9. The summed E-state index contributed by atoms with van der Waals surface area (Å²) in [6.45, 7) is 1.89. The van der Waals surface area contributed by atoms with Gasteiger partial charge in [-0.3, -0.25) is 4.79 Å². The summed E-state index contributed by atoms with van der Waals surface area (Å²) < 4.78 is 34.1. The number of fused-ring (bicyclic) bond motifs is 4. The van der Waals surface area contributed by atoms with Crippen LogP contribution >= 0.6 is 0 Å². The zero-order valence-corrected chi connectivity index (χ0v) is 15.7. The van der Waals surface area contributed by atoms with Gasteiger partial charge in [-0.05, 0) is 43.3 Å². The maximum Gasteiger partial charge on any atom is 0.268 e. The van der Waals surface area contributed by atoms with Gasteiger partial charge in [-0.2, -0.15) is 0 Å². The number of aryl methyl sites for hydroxylation is 1. The molecule has 0 bridgehead atoms. The zero-order chi connectivity index (χ0) is 19.5. The van der Waals surface area contributed by atoms with Crippen molar-refractivity contribution in [3.8, 4) is 0 Å². The quantitative estimate of drug-likeness (QED) is 0.447. The minimum absolute atomic E-state index is 0.0282. The number of benzene rings is 3. The number of hydrogen-bond acceptors (Lipinski definition) is 4. The number of nitrogens with zero attached hydrogens (tertiary/aromatic N) is 1. The molecule has 0 saturated carbocycles. The van der Waals surface area contributed by atoms with Crippen molar-refractivity contribution in [2.45, 2.75) is 11.8 Å². The van der Waals surface area contributed by atoms with Crippen LogP contribution in [0, 0.1) is 6.92 Å². The van der Waals surface area contributed by atoms with Crippen LogP contribution in [0.3, 0.4) is 0 Å². The first-order chi connectivity index (χ1) is 13.5. The highest BCUT2D eigenvalue weighted by Crippen LogP contribution is 2.32. The number of aromatic nitrogens is 1. The van der Waals surface area contributed by atoms with Gasteiger partial charge in [-0.1, -0.05) is 42.0 Å². The van der Waals surface area contributed by atoms with Gasteiger partial charge in [0.1, 0.15) is 11.1 Å². The van der Waals surface area contributed by atoms with E-state index in [9.17, 15) is 13.2 Å². The summed E-state index contributed by atoms with van der Waals surface area (Å²) in [6.07, 6.45) is 0. The molecule has 0 aliphatic rings. The molecule has 5 aromatic rings. The fourth-order valence-electron chi connectivity index (χ4n) is 3.53. The molecule has 0 unspecified atom stereocenters. The van der Waals surface area contributed by atoms with Crippen LogP contribution in [0.5, 0.6) is 0 Å². The van der Waals surface area contributed by atoms with Crippen molar-refractivity contribution in [1.29, 1.82) is 0 Å². The van der Waals surface area contributed by atoms with Crippen molar-refractivity contribution in [2.75, 3.05) is 0 Å². The predicted molar refractivity (Wildman–Crippen MR) is 109 cm³/mol. The Morgan fingerprint density at radius 2 is 1.46 bits per heavy atom. The molecule has 5 nitrogen and oxygen atoms in total. The van der Waals surface area contributed by atoms with Crippen molar-refractivity contribution in [1.82, 2.24) is 3.97 Å². The number of para-hydroxylation sites is 2. The fourth-order valence-corrected chi connectivity index (χ4v) is 5.04. The van der Waals surface area contributed by atoms with Crippen LogP contribution in [0.4, 0.5) is 0 Å². The Kier molecular flexibility index (Phi) is 3.48. The van der Waals surface area contributed by atoms with Crippen LogP contribution in [-0.4, -0.2) is 12.4 Å². The molecule has 138 valence electrons. The van der Waals surface area contributed by atoms with E-state index in [0.29, 0.717) is 21.9 Å². The van der Waals surface area contributed by atoms with Crippen molar-refractivity contribution in [3.63, 3.8) is 0 Å². The average molecular weight is 389 g/mol. The monoisotopic (exact) mass is 389 g/mol. The molecular weight excluding hydrogens is 374 g/mol. The molecule has 5 rings (SSSR count). The second-order valence-corrected chi connectivity index (χ2v) is 8.49. The van der Waals surface area contributed by atoms with E-state index in [1.54, 1.807) is 72.8 Å². The van der Waals surface area contributed by atoms with E-state index in [0.717, 1.165) is 9.54 Å². The first-order valence-corrected chi connectivity index (χ1v) is 10.2. The van der Waals surface area contributed by atoms with Crippen molar-refractivity contribution in [3.05, 3.63) is 88.6 Å². The third kappa shape index (κ3) is 2.25. The standard InChI is InChI=1S/C22H15NO4S/c1-14-10-12-15(13-11-14)28(25,26)23-18-8-4-2-6-16(18)22-20(23)21(24)17-7-3-5-9-19(17)27-22/h2-13H,1H3. The van der Waals surface area contributed by atoms with Crippen molar-refractivity contribution >= 4 is 43.0 Å². The van der Waals surface area contributed by atoms with Crippen LogP contribution in [0.15, 0.2) is 86.9 Å². The summed E-state index contributed by atoms with van der Waals surface area (Å²) in [5.41, 5.74) is 1.72. The topological polar surface area (TPSA) is 69.3 Å². The maximum absolute atomic E-state index is 13.5. The smallest absolute Gasteiger partial charge is 0.268 e. The summed E-state index contributed by atoms with van der Waals surface area (Å²) in [4.78, 5) is 13.4. The van der Waals surface area contributed by atoms with Crippen LogP contribution in [0.1, 0.15) is 5.56 Å². The van der Waals surface area contributed by atoms with Crippen LogP contribution < -0.4 is 5.43 Å². The van der Waals surface area contributed by atoms with Crippen LogP contribution in [-0.2, 0) is 10.0 Å². The van der Waals surface area contributed by atoms with Crippen LogP contribution in [0.2, 0.25) is 0 Å². The van der Waals surface area contributed by atoms with E-state index in [4.69, 9.17) is 4.42 Å². The lowest BCUT2D eigenvalue weighted by molar-refractivity contribution is 0.590. The van der Waals surface area contributed by atoms with E-state index in [-0.39, 0.29) is 21.4 Å². The van der Waals surface area contributed by atoms with Gasteiger partial charge < -0.3 is 4.42 Å². The second kappa shape index (κ2) is 5.81. The molecule has 2 aromatic heterocycles. The van der Waals surface area contributed by atoms with Crippen LogP contribution in [0.25, 0.3) is 33.0 Å². The first kappa shape index (κ1) is 16.8. The third-order valence-electron chi connectivity index (χ3n) is 4.90. The molecule has 0 atom stereocenters. The van der Waals surface area contributed by atoms with E-state index in [1.165, 1.54) is 0 Å². The molecular formula is C22H15NO4S. The average Bonchev–Trinajstić information content (AvgIpc) is 3.04. The first-order valence-electron chi connectivity index (χ1n) is 8.76. The van der Waals surface area contributed by atoms with Gasteiger partial charge in [-0.15, -0.1) is 0 Å². The lowest BCUT2D eigenvalue weighted by Crippen LogP contribution is -2.17. The maximum atomic E-state index is 13.5. The van der Waals surface area contributed by atoms with Gasteiger partial charge in [0, 0.05) is 5.39 Å². The van der Waals surface area contributed by atoms with E-state index >= 15 is 0 Å². The summed E-state index contributed by atoms with van der Waals surface area (Å²) in [6, 6.07) is 20.4. The third-order valence-corrected chi connectivity index (χ3v) is 6.63. The summed E-state index contributed by atoms with van der Waals surface area (Å²) >= 11 is 0. The molecule has 0 aliphatic heterocycles. The highest BCUT2D eigenvalue weighted by atomic mass is 32.2. The SMILES string of the molecule is Cc1ccc(S(=O)(=O)n2c3ccccc3c3oc4ccccc4c(=O)c32)cc1. The molecule has 0 radical (unpaired) electrons. The van der Waals surface area contributed by atoms with Gasteiger partial charge >= 0.3 is 0 Å². The lowest BCUT2D eigenvalue weighted by atomic mass is 10.2. The van der Waals surface area contributed by atoms with Gasteiger partial charge in [0.05, 0.1) is 15.8 Å². The van der Waals surface area contributed by atoms with Gasteiger partial charge in [0.25, 0.3) is 10.0 Å². The van der Waals surface area contributed by atoms with Gasteiger partial charge in [-0.25, -0.2) is 12.4 Å². The predicted octanol–water partition coefficient (Wildman–Crippen LogP) is 4.45. The van der Waals surface area contributed by atoms with Crippen molar-refractivity contribution < 1.29 is 12.8 Å². The van der Waals surface area contributed by atoms with Gasteiger partial charge in [0.15, 0.2) is 5.58 Å². The minimum Gasteiger partial charge on any atom is -0.453 e. The molecule has 0 amide bonds. The molecule has 0 spiro atoms. The Morgan fingerprint density at radius 3 is 2.21 bits per heavy atom. The summed E-state index contributed by atoms with van der Waals surface area (Å²) in [5, 5.41) is 0.925. The molecule has 6 heteroatoms.